The van der Waals surface area contributed by atoms with Crippen LogP contribution in [-0.2, 0) is 6.18 Å². The Balaban J connectivity index is 2.72. The molecule has 5 nitrogen and oxygen atoms in total. The van der Waals surface area contributed by atoms with Gasteiger partial charge in [0.15, 0.2) is 6.17 Å². The van der Waals surface area contributed by atoms with Crippen molar-refractivity contribution in [2.24, 2.45) is 10.7 Å². The van der Waals surface area contributed by atoms with Gasteiger partial charge in [-0.3, -0.25) is 15.1 Å². The number of halogens is 4. The summed E-state index contributed by atoms with van der Waals surface area (Å²) >= 11 is 3.08. The molecule has 2 rings (SSSR count). The first-order valence-electron chi connectivity index (χ1n) is 7.24. The van der Waals surface area contributed by atoms with E-state index in [4.69, 9.17) is 5.73 Å². The van der Waals surface area contributed by atoms with Crippen molar-refractivity contribution in [3.63, 3.8) is 0 Å². The van der Waals surface area contributed by atoms with Crippen molar-refractivity contribution in [2.75, 3.05) is 0 Å². The summed E-state index contributed by atoms with van der Waals surface area (Å²) in [5.41, 5.74) is 2.74. The Morgan fingerprint density at radius 3 is 2.64 bits per heavy atom. The molecule has 1 aliphatic rings. The van der Waals surface area contributed by atoms with E-state index in [-0.39, 0.29) is 12.0 Å². The van der Waals surface area contributed by atoms with E-state index in [0.717, 1.165) is 6.07 Å². The first-order valence-corrected chi connectivity index (χ1v) is 8.03. The lowest BCUT2D eigenvalue weighted by molar-refractivity contribution is -0.563. The summed E-state index contributed by atoms with van der Waals surface area (Å²) in [7, 11) is 0. The van der Waals surface area contributed by atoms with Gasteiger partial charge in [0.2, 0.25) is 0 Å². The number of nitrogens with zero attached hydrogens (tertiary/aromatic N) is 2. The number of benzene rings is 1. The minimum absolute atomic E-state index is 0.0702. The Kier molecular flexibility index (Phi) is 5.48. The number of hydrogen-bond acceptors (Lipinski definition) is 4. The Hall–Kier alpha value is -2.00. The van der Waals surface area contributed by atoms with E-state index in [1.54, 1.807) is 0 Å². The molecule has 0 amide bonds. The molecular weight excluding hydrogens is 403 g/mol. The van der Waals surface area contributed by atoms with Crippen molar-refractivity contribution in [1.82, 2.24) is 0 Å². The number of nitrogens with two attached hydrogens (primary N) is 1. The fraction of sp³-hybridized carbons (Fsp3) is 0.312. The maximum absolute atomic E-state index is 13.4. The van der Waals surface area contributed by atoms with Crippen LogP contribution in [-0.4, -0.2) is 21.2 Å². The van der Waals surface area contributed by atoms with Crippen molar-refractivity contribution in [2.45, 2.75) is 30.2 Å². The van der Waals surface area contributed by atoms with Crippen LogP contribution in [0.1, 0.15) is 23.5 Å². The van der Waals surface area contributed by atoms with Gasteiger partial charge in [0, 0.05) is 4.92 Å². The highest BCUT2D eigenvalue weighted by Crippen LogP contribution is 2.44. The average molecular weight is 418 g/mol. The van der Waals surface area contributed by atoms with Gasteiger partial charge in [0.25, 0.3) is 5.54 Å². The number of alkyl halides is 3. The zero-order chi connectivity index (χ0) is 18.8. The van der Waals surface area contributed by atoms with Crippen LogP contribution in [0.15, 0.2) is 54.1 Å². The van der Waals surface area contributed by atoms with Crippen LogP contribution < -0.4 is 5.73 Å². The molecule has 3 unspecified atom stereocenters. The van der Waals surface area contributed by atoms with Crippen LogP contribution in [0.2, 0.25) is 0 Å². The summed E-state index contributed by atoms with van der Waals surface area (Å²) in [5.74, 6) is -1.19. The minimum atomic E-state index is -4.65. The number of aliphatic imine (C=N–C) groups is 1. The maximum atomic E-state index is 13.4. The summed E-state index contributed by atoms with van der Waals surface area (Å²) in [4.78, 5) is 15.2. The van der Waals surface area contributed by atoms with Crippen molar-refractivity contribution in [1.29, 1.82) is 0 Å². The van der Waals surface area contributed by atoms with Gasteiger partial charge in [-0.1, -0.05) is 24.3 Å². The quantitative estimate of drug-likeness (QED) is 0.446. The highest BCUT2D eigenvalue weighted by Gasteiger charge is 2.56. The molecule has 0 saturated heterocycles. The van der Waals surface area contributed by atoms with Crippen LogP contribution in [0.4, 0.5) is 13.2 Å². The molecule has 0 radical (unpaired) electrons. The van der Waals surface area contributed by atoms with Crippen LogP contribution in [0.25, 0.3) is 0 Å². The summed E-state index contributed by atoms with van der Waals surface area (Å²) in [6, 6.07) is 4.78. The van der Waals surface area contributed by atoms with Crippen molar-refractivity contribution in [3.05, 3.63) is 70.3 Å². The number of rotatable bonds is 5. The van der Waals surface area contributed by atoms with Gasteiger partial charge >= 0.3 is 6.18 Å². The number of hydrogen-bond donors (Lipinski definition) is 1. The first kappa shape index (κ1) is 19.3. The van der Waals surface area contributed by atoms with E-state index in [9.17, 15) is 23.3 Å². The van der Waals surface area contributed by atoms with E-state index in [1.807, 2.05) is 0 Å². The number of nitro groups is 1. The normalized spacial score (nSPS) is 24.5. The highest BCUT2D eigenvalue weighted by molar-refractivity contribution is 9.18. The Morgan fingerprint density at radius 1 is 1.48 bits per heavy atom. The van der Waals surface area contributed by atoms with E-state index < -0.39 is 34.3 Å². The molecule has 1 aromatic rings. The smallest absolute Gasteiger partial charge is 0.303 e. The van der Waals surface area contributed by atoms with Crippen molar-refractivity contribution < 1.29 is 18.1 Å². The van der Waals surface area contributed by atoms with Gasteiger partial charge in [-0.05, 0) is 46.1 Å². The Bertz CT molecular complexity index is 748. The average Bonchev–Trinajstić information content (AvgIpc) is 2.52. The summed E-state index contributed by atoms with van der Waals surface area (Å²) in [5, 5.41) is 11.9. The van der Waals surface area contributed by atoms with Crippen LogP contribution in [0.3, 0.4) is 0 Å². The molecule has 134 valence electrons. The lowest BCUT2D eigenvalue weighted by atomic mass is 9.73. The van der Waals surface area contributed by atoms with E-state index in [1.165, 1.54) is 36.4 Å². The molecule has 0 spiro atoms. The van der Waals surface area contributed by atoms with Crippen LogP contribution in [0, 0.1) is 10.1 Å². The molecule has 0 fully saturated rings. The topological polar surface area (TPSA) is 81.5 Å². The van der Waals surface area contributed by atoms with Crippen LogP contribution in [0.5, 0.6) is 0 Å². The molecule has 2 N–H and O–H groups in total. The highest BCUT2D eigenvalue weighted by atomic mass is 79.9. The Morgan fingerprint density at radius 2 is 2.12 bits per heavy atom. The van der Waals surface area contributed by atoms with Crippen molar-refractivity contribution >= 4 is 20.6 Å². The third-order valence-electron chi connectivity index (χ3n) is 4.14. The third-order valence-corrected chi connectivity index (χ3v) is 4.61. The molecule has 1 aliphatic heterocycles. The SMILES string of the molecule is C=CCC(c1ccccc1C(F)(F)F)C1([N+](=O)[O-])C=CC(Br)=NC1N. The lowest BCUT2D eigenvalue weighted by Crippen LogP contribution is -2.57. The zero-order valence-corrected chi connectivity index (χ0v) is 14.5. The second-order valence-corrected chi connectivity index (χ2v) is 6.35. The molecule has 0 aliphatic carbocycles. The predicted octanol–water partition coefficient (Wildman–Crippen LogP) is 4.03. The van der Waals surface area contributed by atoms with E-state index >= 15 is 0 Å². The largest absolute Gasteiger partial charge is 0.416 e. The lowest BCUT2D eigenvalue weighted by Gasteiger charge is -2.35. The van der Waals surface area contributed by atoms with Gasteiger partial charge in [0.1, 0.15) is 4.62 Å². The molecule has 0 aromatic heterocycles. The summed E-state index contributed by atoms with van der Waals surface area (Å²) in [6.45, 7) is 3.53. The molecular formula is C16H15BrF3N3O2. The molecule has 1 aromatic carbocycles. The van der Waals surface area contributed by atoms with Crippen LogP contribution >= 0.6 is 15.9 Å². The second-order valence-electron chi connectivity index (χ2n) is 5.54. The zero-order valence-electron chi connectivity index (χ0n) is 12.9. The number of allylic oxidation sites excluding steroid dienone is 2. The molecule has 0 bridgehead atoms. The standard InChI is InChI=1S/C16H15BrF3N3O2/c1-2-5-11(10-6-3-4-7-12(10)16(18,19)20)15(23(24)25)9-8-13(17)22-14(15)21/h2-4,6-9,11,14H,1,5,21H2. The van der Waals surface area contributed by atoms with Gasteiger partial charge in [0.05, 0.1) is 11.5 Å². The summed E-state index contributed by atoms with van der Waals surface area (Å²) < 4.78 is 40.6. The second kappa shape index (κ2) is 7.09. The predicted molar refractivity (Wildman–Crippen MR) is 92.2 cm³/mol. The molecule has 9 heteroatoms. The van der Waals surface area contributed by atoms with E-state index in [0.29, 0.717) is 4.62 Å². The Labute approximate surface area is 150 Å². The van der Waals surface area contributed by atoms with Crippen molar-refractivity contribution in [3.8, 4) is 0 Å². The molecule has 25 heavy (non-hydrogen) atoms. The molecule has 3 atom stereocenters. The fourth-order valence-corrected chi connectivity index (χ4v) is 3.34. The maximum Gasteiger partial charge on any atom is 0.416 e. The number of dihydropyridines is 1. The summed E-state index contributed by atoms with van der Waals surface area (Å²) in [6.07, 6.45) is -2.20. The fourth-order valence-electron chi connectivity index (χ4n) is 2.99. The molecule has 1 heterocycles. The van der Waals surface area contributed by atoms with E-state index in [2.05, 4.69) is 27.5 Å². The molecule has 0 saturated carbocycles. The minimum Gasteiger partial charge on any atom is -0.303 e. The van der Waals surface area contributed by atoms with Gasteiger partial charge in [-0.2, -0.15) is 13.2 Å². The van der Waals surface area contributed by atoms with Gasteiger partial charge in [-0.25, -0.2) is 0 Å². The third kappa shape index (κ3) is 3.52. The van der Waals surface area contributed by atoms with Gasteiger partial charge < -0.3 is 5.73 Å². The first-order chi connectivity index (χ1) is 11.6. The van der Waals surface area contributed by atoms with Gasteiger partial charge in [-0.15, -0.1) is 6.58 Å². The monoisotopic (exact) mass is 417 g/mol.